The quantitative estimate of drug-likeness (QED) is 0.659. The fourth-order valence-corrected chi connectivity index (χ4v) is 2.48. The van der Waals surface area contributed by atoms with Gasteiger partial charge in [0.1, 0.15) is 18.8 Å². The van der Waals surface area contributed by atoms with E-state index in [0.29, 0.717) is 12.3 Å². The van der Waals surface area contributed by atoms with Crippen LogP contribution in [0.4, 0.5) is 0 Å². The molecule has 0 spiro atoms. The third kappa shape index (κ3) is 2.98. The van der Waals surface area contributed by atoms with E-state index in [-0.39, 0.29) is 5.97 Å². The highest BCUT2D eigenvalue weighted by Crippen LogP contribution is 2.24. The molecule has 0 amide bonds. The number of carbonyl (C=O) groups is 1. The van der Waals surface area contributed by atoms with Gasteiger partial charge in [-0.2, -0.15) is 0 Å². The lowest BCUT2D eigenvalue weighted by molar-refractivity contribution is -0.900. The van der Waals surface area contributed by atoms with Crippen molar-refractivity contribution in [2.24, 2.45) is 0 Å². The first-order valence-electron chi connectivity index (χ1n) is 6.93. The van der Waals surface area contributed by atoms with Gasteiger partial charge in [-0.1, -0.05) is 36.4 Å². The van der Waals surface area contributed by atoms with Gasteiger partial charge in [-0.05, 0) is 11.5 Å². The summed E-state index contributed by atoms with van der Waals surface area (Å²) in [7, 11) is 0. The number of quaternary nitrogens is 1. The fourth-order valence-electron chi connectivity index (χ4n) is 2.48. The summed E-state index contributed by atoms with van der Waals surface area (Å²) in [4.78, 5) is 13.3. The molecule has 20 heavy (non-hydrogen) atoms. The molecule has 0 atom stereocenters. The van der Waals surface area contributed by atoms with E-state index < -0.39 is 0 Å². The van der Waals surface area contributed by atoms with Crippen molar-refractivity contribution in [2.75, 3.05) is 32.8 Å². The summed E-state index contributed by atoms with van der Waals surface area (Å²) in [6.45, 7) is 3.57. The third-order valence-corrected chi connectivity index (χ3v) is 3.57. The minimum absolute atomic E-state index is 0.182. The first-order valence-corrected chi connectivity index (χ1v) is 6.93. The number of rotatable bonds is 3. The van der Waals surface area contributed by atoms with E-state index in [1.807, 2.05) is 42.5 Å². The van der Waals surface area contributed by atoms with Crippen LogP contribution in [0.2, 0.25) is 0 Å². The van der Waals surface area contributed by atoms with Gasteiger partial charge in [0.05, 0.1) is 13.2 Å². The van der Waals surface area contributed by atoms with Crippen LogP contribution in [0, 0.1) is 0 Å². The summed E-state index contributed by atoms with van der Waals surface area (Å²) in [6, 6.07) is 13.7. The Kier molecular flexibility index (Phi) is 3.95. The number of benzene rings is 2. The minimum Gasteiger partial charge on any atom is -0.422 e. The molecule has 0 radical (unpaired) electrons. The maximum absolute atomic E-state index is 12.0. The van der Waals surface area contributed by atoms with Crippen LogP contribution in [-0.4, -0.2) is 38.8 Å². The van der Waals surface area contributed by atoms with Gasteiger partial charge in [0.25, 0.3) is 0 Å². The highest BCUT2D eigenvalue weighted by molar-refractivity contribution is 5.90. The number of hydrogen-bond donors (Lipinski definition) is 1. The number of ether oxygens (including phenoxy) is 2. The molecule has 2 aromatic rings. The second-order valence-electron chi connectivity index (χ2n) is 4.99. The predicted octanol–water partition coefficient (Wildman–Crippen LogP) is 0.660. The Hall–Kier alpha value is -1.91. The summed E-state index contributed by atoms with van der Waals surface area (Å²) in [6.07, 6.45) is 0. The smallest absolute Gasteiger partial charge is 0.367 e. The standard InChI is InChI=1S/C16H17NO3/c18-16(12-17-8-10-19-11-9-17)20-15-7-3-5-13-4-1-2-6-14(13)15/h1-7H,8-12H2/p+1. The molecule has 0 saturated carbocycles. The Morgan fingerprint density at radius 1 is 1.10 bits per heavy atom. The van der Waals surface area contributed by atoms with Gasteiger partial charge in [0.2, 0.25) is 0 Å². The van der Waals surface area contributed by atoms with E-state index in [4.69, 9.17) is 9.47 Å². The fraction of sp³-hybridized carbons (Fsp3) is 0.312. The Labute approximate surface area is 117 Å². The zero-order valence-corrected chi connectivity index (χ0v) is 11.3. The van der Waals surface area contributed by atoms with Gasteiger partial charge < -0.3 is 14.4 Å². The molecule has 4 heteroatoms. The van der Waals surface area contributed by atoms with E-state index in [0.717, 1.165) is 37.1 Å². The maximum Gasteiger partial charge on any atom is 0.367 e. The molecule has 104 valence electrons. The van der Waals surface area contributed by atoms with Gasteiger partial charge in [0.15, 0.2) is 6.54 Å². The Morgan fingerprint density at radius 3 is 2.70 bits per heavy atom. The summed E-state index contributed by atoms with van der Waals surface area (Å²) in [5.41, 5.74) is 0. The topological polar surface area (TPSA) is 40.0 Å². The SMILES string of the molecule is O=C(C[NH+]1CCOCC1)Oc1cccc2ccccc12. The van der Waals surface area contributed by atoms with Gasteiger partial charge >= 0.3 is 5.97 Å². The second-order valence-corrected chi connectivity index (χ2v) is 4.99. The Balaban J connectivity index is 1.71. The van der Waals surface area contributed by atoms with E-state index in [2.05, 4.69) is 0 Å². The van der Waals surface area contributed by atoms with Crippen LogP contribution in [0.15, 0.2) is 42.5 Å². The lowest BCUT2D eigenvalue weighted by atomic mass is 10.1. The number of fused-ring (bicyclic) bond motifs is 1. The highest BCUT2D eigenvalue weighted by Gasteiger charge is 2.19. The van der Waals surface area contributed by atoms with Crippen molar-refractivity contribution >= 4 is 16.7 Å². The van der Waals surface area contributed by atoms with Crippen molar-refractivity contribution in [1.29, 1.82) is 0 Å². The van der Waals surface area contributed by atoms with Crippen molar-refractivity contribution in [1.82, 2.24) is 0 Å². The molecule has 1 aliphatic heterocycles. The zero-order chi connectivity index (χ0) is 13.8. The van der Waals surface area contributed by atoms with Crippen LogP contribution < -0.4 is 9.64 Å². The molecule has 0 aliphatic carbocycles. The van der Waals surface area contributed by atoms with Crippen LogP contribution in [0.25, 0.3) is 10.8 Å². The molecular weight excluding hydrogens is 254 g/mol. The number of esters is 1. The summed E-state index contributed by atoms with van der Waals surface area (Å²) in [5, 5.41) is 2.05. The first kappa shape index (κ1) is 13.1. The molecule has 1 aliphatic rings. The predicted molar refractivity (Wildman–Crippen MR) is 76.0 cm³/mol. The van der Waals surface area contributed by atoms with Crippen LogP contribution in [0.5, 0.6) is 5.75 Å². The lowest BCUT2D eigenvalue weighted by Crippen LogP contribution is -3.15. The average Bonchev–Trinajstić information content (AvgIpc) is 2.48. The van der Waals surface area contributed by atoms with E-state index in [9.17, 15) is 4.79 Å². The van der Waals surface area contributed by atoms with Crippen molar-refractivity contribution in [3.63, 3.8) is 0 Å². The molecule has 0 unspecified atom stereocenters. The van der Waals surface area contributed by atoms with E-state index in [1.54, 1.807) is 0 Å². The number of carbonyl (C=O) groups excluding carboxylic acids is 1. The highest BCUT2D eigenvalue weighted by atomic mass is 16.5. The maximum atomic E-state index is 12.0. The molecule has 1 N–H and O–H groups in total. The number of nitrogens with one attached hydrogen (secondary N) is 1. The van der Waals surface area contributed by atoms with Crippen molar-refractivity contribution < 1.29 is 19.2 Å². The second kappa shape index (κ2) is 6.03. The number of morpholine rings is 1. The Morgan fingerprint density at radius 2 is 1.85 bits per heavy atom. The molecule has 3 rings (SSSR count). The van der Waals surface area contributed by atoms with E-state index in [1.165, 1.54) is 4.90 Å². The molecule has 4 nitrogen and oxygen atoms in total. The minimum atomic E-state index is -0.182. The van der Waals surface area contributed by atoms with Gasteiger partial charge in [0, 0.05) is 5.39 Å². The van der Waals surface area contributed by atoms with Crippen LogP contribution in [-0.2, 0) is 9.53 Å². The molecule has 1 fully saturated rings. The lowest BCUT2D eigenvalue weighted by Gasteiger charge is -2.22. The van der Waals surface area contributed by atoms with E-state index >= 15 is 0 Å². The summed E-state index contributed by atoms with van der Waals surface area (Å²) >= 11 is 0. The zero-order valence-electron chi connectivity index (χ0n) is 11.3. The normalized spacial score (nSPS) is 16.2. The van der Waals surface area contributed by atoms with Gasteiger partial charge in [-0.3, -0.25) is 0 Å². The van der Waals surface area contributed by atoms with Crippen molar-refractivity contribution in [2.45, 2.75) is 0 Å². The van der Waals surface area contributed by atoms with Crippen LogP contribution in [0.3, 0.4) is 0 Å². The molecule has 0 bridgehead atoms. The molecular formula is C16H18NO3+. The van der Waals surface area contributed by atoms with Crippen molar-refractivity contribution in [3.05, 3.63) is 42.5 Å². The number of hydrogen-bond acceptors (Lipinski definition) is 3. The summed E-state index contributed by atoms with van der Waals surface area (Å²) < 4.78 is 10.8. The third-order valence-electron chi connectivity index (χ3n) is 3.57. The molecule has 0 aromatic heterocycles. The molecule has 1 heterocycles. The molecule has 2 aromatic carbocycles. The largest absolute Gasteiger partial charge is 0.422 e. The average molecular weight is 272 g/mol. The first-order chi connectivity index (χ1) is 9.83. The summed E-state index contributed by atoms with van der Waals surface area (Å²) in [5.74, 6) is 0.457. The van der Waals surface area contributed by atoms with Crippen LogP contribution >= 0.6 is 0 Å². The van der Waals surface area contributed by atoms with Crippen LogP contribution in [0.1, 0.15) is 0 Å². The van der Waals surface area contributed by atoms with Gasteiger partial charge in [-0.15, -0.1) is 0 Å². The van der Waals surface area contributed by atoms with Gasteiger partial charge in [-0.25, -0.2) is 4.79 Å². The molecule has 1 saturated heterocycles. The van der Waals surface area contributed by atoms with Crippen molar-refractivity contribution in [3.8, 4) is 5.75 Å². The Bertz CT molecular complexity index is 600. The monoisotopic (exact) mass is 272 g/mol.